The van der Waals surface area contributed by atoms with Gasteiger partial charge in [-0.05, 0) is 35.0 Å². The van der Waals surface area contributed by atoms with Crippen LogP contribution in [0.25, 0.3) is 10.8 Å². The van der Waals surface area contributed by atoms with Crippen LogP contribution in [-0.4, -0.2) is 36.0 Å². The van der Waals surface area contributed by atoms with Gasteiger partial charge in [-0.15, -0.1) is 0 Å². The van der Waals surface area contributed by atoms with E-state index in [0.29, 0.717) is 5.39 Å². The number of fused-ring (bicyclic) bond motifs is 1. The van der Waals surface area contributed by atoms with Crippen molar-refractivity contribution in [1.82, 2.24) is 5.32 Å². The summed E-state index contributed by atoms with van der Waals surface area (Å²) in [5.74, 6) is -4.82. The fraction of sp³-hybridized carbons (Fsp3) is 0.0952. The molecule has 154 valence electrons. The summed E-state index contributed by atoms with van der Waals surface area (Å²) in [6, 6.07) is 12.7. The third-order valence-electron chi connectivity index (χ3n) is 4.07. The molecule has 0 bridgehead atoms. The number of hydrogen-bond donors (Lipinski definition) is 3. The van der Waals surface area contributed by atoms with Gasteiger partial charge in [0, 0.05) is 11.8 Å². The Balaban J connectivity index is 1.49. The second kappa shape index (κ2) is 8.99. The van der Waals surface area contributed by atoms with Gasteiger partial charge in [0.15, 0.2) is 18.2 Å². The number of halogens is 2. The lowest BCUT2D eigenvalue weighted by molar-refractivity contribution is -0.126. The lowest BCUT2D eigenvalue weighted by Gasteiger charge is -2.09. The monoisotopic (exact) mass is 414 g/mol. The van der Waals surface area contributed by atoms with E-state index in [9.17, 15) is 28.3 Å². The number of hydrogen-bond acceptors (Lipinski definition) is 5. The molecule has 0 saturated heterocycles. The van der Waals surface area contributed by atoms with Gasteiger partial charge in [0.25, 0.3) is 5.91 Å². The predicted octanol–water partition coefficient (Wildman–Crippen LogP) is 2.74. The van der Waals surface area contributed by atoms with E-state index in [2.05, 4.69) is 10.6 Å². The highest BCUT2D eigenvalue weighted by atomic mass is 19.2. The minimum Gasteiger partial charge on any atom is -0.507 e. The second-order valence-electron chi connectivity index (χ2n) is 6.25. The summed E-state index contributed by atoms with van der Waals surface area (Å²) < 4.78 is 30.8. The third kappa shape index (κ3) is 5.07. The van der Waals surface area contributed by atoms with Crippen LogP contribution >= 0.6 is 0 Å². The molecule has 7 nitrogen and oxygen atoms in total. The zero-order chi connectivity index (χ0) is 21.7. The van der Waals surface area contributed by atoms with Crippen LogP contribution in [-0.2, 0) is 14.3 Å². The number of carbonyl (C=O) groups is 3. The van der Waals surface area contributed by atoms with Gasteiger partial charge in [-0.3, -0.25) is 9.59 Å². The molecule has 3 N–H and O–H groups in total. The number of phenolic OH excluding ortho intramolecular Hbond substituents is 1. The number of benzene rings is 3. The highest BCUT2D eigenvalue weighted by molar-refractivity contribution is 5.99. The minimum absolute atomic E-state index is 0.0198. The first-order valence-electron chi connectivity index (χ1n) is 8.74. The fourth-order valence-electron chi connectivity index (χ4n) is 2.61. The molecule has 0 aliphatic rings. The topological polar surface area (TPSA) is 105 Å². The zero-order valence-corrected chi connectivity index (χ0v) is 15.4. The molecule has 0 unspecified atom stereocenters. The Morgan fingerprint density at radius 3 is 2.30 bits per heavy atom. The fourth-order valence-corrected chi connectivity index (χ4v) is 2.61. The van der Waals surface area contributed by atoms with Crippen LogP contribution in [0.2, 0.25) is 0 Å². The Bertz CT molecular complexity index is 1130. The summed E-state index contributed by atoms with van der Waals surface area (Å²) in [5, 5.41) is 15.9. The van der Waals surface area contributed by atoms with Gasteiger partial charge >= 0.3 is 5.97 Å². The summed E-state index contributed by atoms with van der Waals surface area (Å²) in [7, 11) is 0. The number of carbonyl (C=O) groups excluding carboxylic acids is 3. The number of rotatable bonds is 6. The number of ether oxygens (including phenoxy) is 1. The number of phenols is 1. The van der Waals surface area contributed by atoms with Crippen molar-refractivity contribution in [3.63, 3.8) is 0 Å². The maximum absolute atomic E-state index is 13.1. The van der Waals surface area contributed by atoms with Crippen molar-refractivity contribution in [3.05, 3.63) is 71.8 Å². The Labute approximate surface area is 169 Å². The lowest BCUT2D eigenvalue weighted by Crippen LogP contribution is -2.35. The number of nitrogens with one attached hydrogen (secondary N) is 2. The molecule has 0 spiro atoms. The van der Waals surface area contributed by atoms with Crippen LogP contribution in [0.15, 0.2) is 54.6 Å². The first-order valence-corrected chi connectivity index (χ1v) is 8.74. The summed E-state index contributed by atoms with van der Waals surface area (Å²) in [6.07, 6.45) is 0. The van der Waals surface area contributed by atoms with Crippen molar-refractivity contribution in [2.45, 2.75) is 0 Å². The summed E-state index contributed by atoms with van der Waals surface area (Å²) >= 11 is 0. The van der Waals surface area contributed by atoms with Crippen LogP contribution in [0.1, 0.15) is 10.4 Å². The van der Waals surface area contributed by atoms with Crippen molar-refractivity contribution in [2.75, 3.05) is 18.5 Å². The summed E-state index contributed by atoms with van der Waals surface area (Å²) in [4.78, 5) is 35.7. The minimum atomic E-state index is -1.12. The van der Waals surface area contributed by atoms with Crippen LogP contribution in [0.4, 0.5) is 14.5 Å². The molecule has 3 aromatic rings. The molecule has 0 saturated carbocycles. The van der Waals surface area contributed by atoms with Gasteiger partial charge in [-0.1, -0.05) is 24.3 Å². The van der Waals surface area contributed by atoms with E-state index in [0.717, 1.165) is 23.6 Å². The smallest absolute Gasteiger partial charge is 0.342 e. The molecule has 0 radical (unpaired) electrons. The lowest BCUT2D eigenvalue weighted by atomic mass is 10.1. The summed E-state index contributed by atoms with van der Waals surface area (Å²) in [6.45, 7) is -1.15. The average molecular weight is 414 g/mol. The normalized spacial score (nSPS) is 10.5. The van der Waals surface area contributed by atoms with Gasteiger partial charge in [-0.25, -0.2) is 13.6 Å². The average Bonchev–Trinajstić information content (AvgIpc) is 2.72. The van der Waals surface area contributed by atoms with E-state index < -0.39 is 42.6 Å². The van der Waals surface area contributed by atoms with Crippen LogP contribution < -0.4 is 10.6 Å². The first-order chi connectivity index (χ1) is 14.3. The molecular formula is C21H16F2N2O5. The molecule has 2 amide bonds. The standard InChI is InChI=1S/C21H16F2N2O5/c22-16-6-5-14(9-17(16)23)25-19(27)10-24-20(28)11-30-21(29)15-7-12-3-1-2-4-13(12)8-18(15)26/h1-9,26H,10-11H2,(H,24,28)(H,25,27). The molecule has 9 heteroatoms. The molecule has 0 aromatic heterocycles. The first kappa shape index (κ1) is 20.7. The number of anilines is 1. The van der Waals surface area contributed by atoms with Gasteiger partial charge in [0.1, 0.15) is 11.3 Å². The third-order valence-corrected chi connectivity index (χ3v) is 4.07. The maximum atomic E-state index is 13.1. The van der Waals surface area contributed by atoms with Crippen LogP contribution in [0.3, 0.4) is 0 Å². The molecule has 0 heterocycles. The highest BCUT2D eigenvalue weighted by Gasteiger charge is 2.16. The molecular weight excluding hydrogens is 398 g/mol. The largest absolute Gasteiger partial charge is 0.507 e. The highest BCUT2D eigenvalue weighted by Crippen LogP contribution is 2.25. The van der Waals surface area contributed by atoms with Crippen molar-refractivity contribution in [1.29, 1.82) is 0 Å². The van der Waals surface area contributed by atoms with E-state index in [4.69, 9.17) is 4.74 Å². The van der Waals surface area contributed by atoms with Crippen molar-refractivity contribution in [3.8, 4) is 5.75 Å². The quantitative estimate of drug-likeness (QED) is 0.538. The molecule has 0 aliphatic carbocycles. The van der Waals surface area contributed by atoms with E-state index in [-0.39, 0.29) is 17.0 Å². The van der Waals surface area contributed by atoms with E-state index >= 15 is 0 Å². The molecule has 0 aliphatic heterocycles. The van der Waals surface area contributed by atoms with Gasteiger partial charge < -0.3 is 20.5 Å². The predicted molar refractivity (Wildman–Crippen MR) is 104 cm³/mol. The number of amides is 2. The molecule has 0 fully saturated rings. The Morgan fingerprint density at radius 1 is 0.900 bits per heavy atom. The molecule has 3 rings (SSSR count). The summed E-state index contributed by atoms with van der Waals surface area (Å²) in [5.41, 5.74) is -0.0797. The Morgan fingerprint density at radius 2 is 1.60 bits per heavy atom. The number of aromatic hydroxyl groups is 1. The van der Waals surface area contributed by atoms with E-state index in [1.807, 2.05) is 0 Å². The molecule has 3 aromatic carbocycles. The van der Waals surface area contributed by atoms with Crippen molar-refractivity contribution >= 4 is 34.2 Å². The van der Waals surface area contributed by atoms with Gasteiger partial charge in [-0.2, -0.15) is 0 Å². The Hall–Kier alpha value is -4.01. The van der Waals surface area contributed by atoms with E-state index in [1.54, 1.807) is 24.3 Å². The maximum Gasteiger partial charge on any atom is 0.342 e. The zero-order valence-electron chi connectivity index (χ0n) is 15.4. The van der Waals surface area contributed by atoms with Crippen LogP contribution in [0.5, 0.6) is 5.75 Å². The van der Waals surface area contributed by atoms with Gasteiger partial charge in [0.2, 0.25) is 5.91 Å². The van der Waals surface area contributed by atoms with E-state index in [1.165, 1.54) is 12.1 Å². The van der Waals surface area contributed by atoms with Gasteiger partial charge in [0.05, 0.1) is 6.54 Å². The Kier molecular flexibility index (Phi) is 6.21. The molecule has 0 atom stereocenters. The van der Waals surface area contributed by atoms with Crippen molar-refractivity contribution in [2.24, 2.45) is 0 Å². The van der Waals surface area contributed by atoms with Crippen molar-refractivity contribution < 1.29 is 33.0 Å². The van der Waals surface area contributed by atoms with Crippen LogP contribution in [0, 0.1) is 11.6 Å². The SMILES string of the molecule is O=C(COC(=O)c1cc2ccccc2cc1O)NCC(=O)Nc1ccc(F)c(F)c1. The number of esters is 1. The molecule has 30 heavy (non-hydrogen) atoms. The second-order valence-corrected chi connectivity index (χ2v) is 6.25.